The molecular weight excluding hydrogens is 829 g/mol. The summed E-state index contributed by atoms with van der Waals surface area (Å²) in [5.41, 5.74) is 24.8. The van der Waals surface area contributed by atoms with E-state index in [2.05, 4.69) is 254 Å². The molecule has 0 N–H and O–H groups in total. The van der Waals surface area contributed by atoms with E-state index in [1.54, 1.807) is 5.57 Å². The lowest BCUT2D eigenvalue weighted by atomic mass is 9.75. The monoisotopic (exact) mass is 905 g/mol. The maximum absolute atomic E-state index is 2.53. The Morgan fingerprint density at radius 1 is 0.580 bits per heavy atom. The summed E-state index contributed by atoms with van der Waals surface area (Å²) in [6, 6.07) is 62.3. The van der Waals surface area contributed by atoms with Crippen LogP contribution in [0, 0.1) is 40.5 Å². The Bertz CT molecular complexity index is 3060. The molecule has 8 aromatic rings. The lowest BCUT2D eigenvalue weighted by molar-refractivity contribution is 0.626. The lowest BCUT2D eigenvalue weighted by Gasteiger charge is -2.29. The van der Waals surface area contributed by atoms with Crippen LogP contribution in [0.15, 0.2) is 188 Å². The molecule has 0 aliphatic heterocycles. The van der Waals surface area contributed by atoms with Crippen LogP contribution in [0.25, 0.3) is 38.6 Å². The van der Waals surface area contributed by atoms with Crippen molar-refractivity contribution >= 4 is 16.3 Å². The second-order valence-electron chi connectivity index (χ2n) is 20.8. The molecule has 0 aromatic heterocycles. The fraction of sp³-hybridized carbons (Fsp3) is 0.275. The van der Waals surface area contributed by atoms with Gasteiger partial charge in [0.15, 0.2) is 0 Å². The first-order chi connectivity index (χ1) is 33.1. The minimum absolute atomic E-state index is 0.0765. The van der Waals surface area contributed by atoms with E-state index in [9.17, 15) is 0 Å². The Morgan fingerprint density at radius 3 is 1.74 bits per heavy atom. The van der Waals surface area contributed by atoms with E-state index in [0.29, 0.717) is 5.92 Å². The van der Waals surface area contributed by atoms with E-state index in [0.717, 1.165) is 12.8 Å². The van der Waals surface area contributed by atoms with Crippen LogP contribution in [0.5, 0.6) is 0 Å². The van der Waals surface area contributed by atoms with Crippen molar-refractivity contribution in [2.45, 2.75) is 120 Å². The second kappa shape index (κ2) is 21.9. The van der Waals surface area contributed by atoms with Crippen LogP contribution in [-0.2, 0) is 17.3 Å². The van der Waals surface area contributed by atoms with Gasteiger partial charge < -0.3 is 0 Å². The van der Waals surface area contributed by atoms with Crippen molar-refractivity contribution in [1.82, 2.24) is 0 Å². The van der Waals surface area contributed by atoms with Gasteiger partial charge in [0.1, 0.15) is 0 Å². The zero-order chi connectivity index (χ0) is 49.5. The first-order valence-electron chi connectivity index (χ1n) is 25.4. The predicted molar refractivity (Wildman–Crippen MR) is 303 cm³/mol. The van der Waals surface area contributed by atoms with Gasteiger partial charge in [0, 0.05) is 10.8 Å². The average molecular weight is 905 g/mol. The predicted octanol–water partition coefficient (Wildman–Crippen LogP) is 19.4. The number of allylic oxidation sites excluding steroid dienone is 4. The summed E-state index contributed by atoms with van der Waals surface area (Å²) < 4.78 is 0. The molecule has 8 aromatic carbocycles. The quantitative estimate of drug-likeness (QED) is 0.120. The Kier molecular flexibility index (Phi) is 16.0. The van der Waals surface area contributed by atoms with Crippen molar-refractivity contribution < 1.29 is 0 Å². The van der Waals surface area contributed by atoms with E-state index in [1.807, 2.05) is 18.2 Å². The Morgan fingerprint density at radius 2 is 1.17 bits per heavy atom. The topological polar surface area (TPSA) is 0 Å². The van der Waals surface area contributed by atoms with Gasteiger partial charge in [-0.25, -0.2) is 0 Å². The van der Waals surface area contributed by atoms with Gasteiger partial charge in [0.25, 0.3) is 0 Å². The molecule has 1 aliphatic rings. The highest BCUT2D eigenvalue weighted by Gasteiger charge is 2.38. The minimum Gasteiger partial charge on any atom is -0.0870 e. The second-order valence-corrected chi connectivity index (χ2v) is 20.8. The fourth-order valence-corrected chi connectivity index (χ4v) is 10.5. The van der Waals surface area contributed by atoms with Crippen LogP contribution in [0.3, 0.4) is 0 Å². The highest BCUT2D eigenvalue weighted by Crippen LogP contribution is 2.53. The van der Waals surface area contributed by atoms with E-state index in [1.165, 1.54) is 112 Å². The third-order valence-electron chi connectivity index (χ3n) is 14.8. The van der Waals surface area contributed by atoms with Gasteiger partial charge >= 0.3 is 0 Å². The van der Waals surface area contributed by atoms with Crippen LogP contribution in [0.1, 0.15) is 135 Å². The molecule has 0 heterocycles. The summed E-state index contributed by atoms with van der Waals surface area (Å²) in [7, 11) is 0. The zero-order valence-electron chi connectivity index (χ0n) is 44.0. The Labute approximate surface area is 416 Å². The zero-order valence-corrected chi connectivity index (χ0v) is 44.0. The third kappa shape index (κ3) is 11.0. The summed E-state index contributed by atoms with van der Waals surface area (Å²) in [4.78, 5) is 0. The molecule has 0 amide bonds. The molecular formula is C69H76. The first-order valence-corrected chi connectivity index (χ1v) is 25.4. The van der Waals surface area contributed by atoms with E-state index in [4.69, 9.17) is 0 Å². The summed E-state index contributed by atoms with van der Waals surface area (Å²) in [5.74, 6) is 0.533. The maximum atomic E-state index is 2.53. The highest BCUT2D eigenvalue weighted by atomic mass is 14.4. The number of hydrogen-bond acceptors (Lipinski definition) is 0. The summed E-state index contributed by atoms with van der Waals surface area (Å²) in [6.45, 7) is 29.6. The van der Waals surface area contributed by atoms with E-state index in [-0.39, 0.29) is 10.8 Å². The normalized spacial score (nSPS) is 13.0. The molecule has 0 bridgehead atoms. The van der Waals surface area contributed by atoms with Gasteiger partial charge in [-0.2, -0.15) is 0 Å². The van der Waals surface area contributed by atoms with Gasteiger partial charge in [-0.3, -0.25) is 0 Å². The number of rotatable bonds is 10. The number of fused-ring (bicyclic) bond motifs is 5. The van der Waals surface area contributed by atoms with Gasteiger partial charge in [0.2, 0.25) is 0 Å². The largest absolute Gasteiger partial charge is 0.0870 e. The Balaban J connectivity index is 0.000000260. The number of hydrogen-bond donors (Lipinski definition) is 0. The molecule has 0 radical (unpaired) electrons. The molecule has 1 aliphatic carbocycles. The third-order valence-corrected chi connectivity index (χ3v) is 14.8. The van der Waals surface area contributed by atoms with Crippen LogP contribution in [0.2, 0.25) is 0 Å². The van der Waals surface area contributed by atoms with Gasteiger partial charge in [0.05, 0.1) is 0 Å². The molecule has 0 nitrogen and oxygen atoms in total. The van der Waals surface area contributed by atoms with Crippen LogP contribution < -0.4 is 0 Å². The van der Waals surface area contributed by atoms with Crippen molar-refractivity contribution in [2.75, 3.05) is 0 Å². The molecule has 0 spiro atoms. The molecule has 9 rings (SSSR count). The van der Waals surface area contributed by atoms with Gasteiger partial charge in [-0.15, -0.1) is 0 Å². The molecule has 0 saturated heterocycles. The molecule has 0 fully saturated rings. The first kappa shape index (κ1) is 50.4. The molecule has 0 saturated carbocycles. The van der Waals surface area contributed by atoms with Crippen LogP contribution >= 0.6 is 0 Å². The highest BCUT2D eigenvalue weighted by molar-refractivity contribution is 6.04. The SMILES string of the molecule is C/C=C\C(=C(/CCC)C(C)C)c1ccc(Cc2cc3c(c4ccccc24)-c2ccc(C(C)(C)c4ccccc4)cc2C3(C)C)cc1C.Cc1cc(-c2ccccc2)cc(C)c1C.Cc1ccccc1. The molecule has 0 unspecified atom stereocenters. The lowest BCUT2D eigenvalue weighted by Crippen LogP contribution is -2.21. The summed E-state index contributed by atoms with van der Waals surface area (Å²) in [6.07, 6.45) is 7.75. The molecule has 0 atom stereocenters. The van der Waals surface area contributed by atoms with E-state index >= 15 is 0 Å². The molecule has 0 heteroatoms. The summed E-state index contributed by atoms with van der Waals surface area (Å²) >= 11 is 0. The molecule has 352 valence electrons. The van der Waals surface area contributed by atoms with Crippen molar-refractivity contribution in [1.29, 1.82) is 0 Å². The van der Waals surface area contributed by atoms with Crippen molar-refractivity contribution in [3.05, 3.63) is 254 Å². The van der Waals surface area contributed by atoms with Crippen molar-refractivity contribution in [2.24, 2.45) is 5.92 Å². The van der Waals surface area contributed by atoms with Crippen molar-refractivity contribution in [3.63, 3.8) is 0 Å². The smallest absolute Gasteiger partial charge is 0.0159 e. The molecule has 69 heavy (non-hydrogen) atoms. The van der Waals surface area contributed by atoms with Crippen molar-refractivity contribution in [3.8, 4) is 22.3 Å². The fourth-order valence-electron chi connectivity index (χ4n) is 10.5. The Hall–Kier alpha value is -6.50. The average Bonchev–Trinajstić information content (AvgIpc) is 3.58. The standard InChI is InChI=1S/C47H52.C15H16.C7H8/c1-10-17-37(31(3)4)40(18-11-2)38-25-23-33(27-32(38)5)28-34-29-44-45(41-22-16-15-21-39(34)41)42-26-24-36(30-43(42)47(44,8)9)46(6,7)35-19-13-12-14-20-35;1-11-9-15(10-12(2)13(11)3)14-7-5-4-6-8-14;1-7-5-3-2-4-6-7/h11-16,18-27,29-31H,10,17,28H2,1-9H3;4-10H,1-3H3;2-6H,1H3/b18-11-,40-37-;;. The van der Waals surface area contributed by atoms with Gasteiger partial charge in [-0.05, 0) is 160 Å². The summed E-state index contributed by atoms with van der Waals surface area (Å²) in [5, 5.41) is 2.74. The van der Waals surface area contributed by atoms with Crippen LogP contribution in [0.4, 0.5) is 0 Å². The van der Waals surface area contributed by atoms with E-state index < -0.39 is 0 Å². The minimum atomic E-state index is -0.0926. The maximum Gasteiger partial charge on any atom is 0.0159 e. The van der Waals surface area contributed by atoms with Crippen LogP contribution in [-0.4, -0.2) is 0 Å². The van der Waals surface area contributed by atoms with Gasteiger partial charge in [-0.1, -0.05) is 248 Å². The number of aryl methyl sites for hydroxylation is 4. The number of benzene rings is 8.